The number of benzene rings is 2. The van der Waals surface area contributed by atoms with Crippen LogP contribution in [-0.4, -0.2) is 33.9 Å². The predicted molar refractivity (Wildman–Crippen MR) is 106 cm³/mol. The largest absolute Gasteiger partial charge is 0.381 e. The van der Waals surface area contributed by atoms with E-state index in [0.717, 1.165) is 24.0 Å². The minimum atomic E-state index is -0.445. The Morgan fingerprint density at radius 3 is 2.46 bits per heavy atom. The molecule has 7 heteroatoms. The number of hydrogen-bond acceptors (Lipinski definition) is 4. The molecule has 0 radical (unpaired) electrons. The van der Waals surface area contributed by atoms with Crippen molar-refractivity contribution in [1.82, 2.24) is 20.1 Å². The number of hydrogen-bond donors (Lipinski definition) is 1. The van der Waals surface area contributed by atoms with Gasteiger partial charge in [-0.25, -0.2) is 9.67 Å². The van der Waals surface area contributed by atoms with E-state index in [1.807, 2.05) is 48.5 Å². The van der Waals surface area contributed by atoms with Gasteiger partial charge in [0.05, 0.1) is 12.1 Å². The Labute approximate surface area is 168 Å². The zero-order valence-electron chi connectivity index (χ0n) is 15.3. The Bertz CT molecular complexity index is 918. The van der Waals surface area contributed by atoms with Gasteiger partial charge in [-0.05, 0) is 48.2 Å². The molecule has 0 saturated carbocycles. The summed E-state index contributed by atoms with van der Waals surface area (Å²) in [5, 5.41) is 8.04. The van der Waals surface area contributed by atoms with Gasteiger partial charge in [-0.3, -0.25) is 4.79 Å². The molecule has 1 fully saturated rings. The number of carbonyl (C=O) groups excluding carboxylic acids is 1. The highest BCUT2D eigenvalue weighted by Gasteiger charge is 2.36. The lowest BCUT2D eigenvalue weighted by Crippen LogP contribution is -2.49. The van der Waals surface area contributed by atoms with Gasteiger partial charge in [0.2, 0.25) is 0 Å². The first-order valence-electron chi connectivity index (χ1n) is 9.22. The summed E-state index contributed by atoms with van der Waals surface area (Å²) in [6, 6.07) is 15.3. The van der Waals surface area contributed by atoms with E-state index in [1.54, 1.807) is 11.0 Å². The van der Waals surface area contributed by atoms with Gasteiger partial charge >= 0.3 is 0 Å². The van der Waals surface area contributed by atoms with Crippen LogP contribution in [-0.2, 0) is 16.8 Å². The molecule has 1 saturated heterocycles. The maximum Gasteiger partial charge on any atom is 0.251 e. The minimum absolute atomic E-state index is 0.0934. The average molecular weight is 397 g/mol. The topological polar surface area (TPSA) is 69.0 Å². The van der Waals surface area contributed by atoms with Gasteiger partial charge in [-0.1, -0.05) is 35.9 Å². The molecule has 1 aromatic heterocycles. The average Bonchev–Trinajstić information content (AvgIpc) is 3.23. The maximum absolute atomic E-state index is 13.0. The van der Waals surface area contributed by atoms with Crippen molar-refractivity contribution >= 4 is 17.5 Å². The highest BCUT2D eigenvalue weighted by molar-refractivity contribution is 6.30. The molecule has 2 aromatic carbocycles. The van der Waals surface area contributed by atoms with E-state index in [4.69, 9.17) is 16.3 Å². The maximum atomic E-state index is 13.0. The van der Waals surface area contributed by atoms with Crippen molar-refractivity contribution in [3.8, 4) is 0 Å². The number of aromatic nitrogens is 3. The molecule has 1 N–H and O–H groups in total. The lowest BCUT2D eigenvalue weighted by atomic mass is 9.82. The number of nitrogens with one attached hydrogen (secondary N) is 1. The van der Waals surface area contributed by atoms with Crippen molar-refractivity contribution in [2.45, 2.75) is 24.9 Å². The van der Waals surface area contributed by atoms with Gasteiger partial charge in [-0.2, -0.15) is 5.10 Å². The Morgan fingerprint density at radius 2 is 1.82 bits per heavy atom. The summed E-state index contributed by atoms with van der Waals surface area (Å²) in [6.07, 6.45) is 4.63. The fourth-order valence-corrected chi connectivity index (χ4v) is 3.65. The Kier molecular flexibility index (Phi) is 5.41. The molecule has 0 atom stereocenters. The third kappa shape index (κ3) is 4.08. The second kappa shape index (κ2) is 8.12. The molecular weight excluding hydrogens is 376 g/mol. The first kappa shape index (κ1) is 18.7. The standard InChI is InChI=1S/C21H21ClN4O2/c22-19-7-5-18(6-8-19)21(9-11-28-12-10-21)25-20(27)17-3-1-16(2-4-17)13-26-15-23-14-24-26/h1-8,14-15H,9-13H2,(H,25,27). The van der Waals surface area contributed by atoms with E-state index in [1.165, 1.54) is 6.33 Å². The quantitative estimate of drug-likeness (QED) is 0.717. The Morgan fingerprint density at radius 1 is 1.11 bits per heavy atom. The zero-order valence-corrected chi connectivity index (χ0v) is 16.1. The van der Waals surface area contributed by atoms with E-state index in [2.05, 4.69) is 15.4 Å². The molecule has 6 nitrogen and oxygen atoms in total. The second-order valence-corrected chi connectivity index (χ2v) is 7.38. The van der Waals surface area contributed by atoms with Crippen LogP contribution in [0, 0.1) is 0 Å². The minimum Gasteiger partial charge on any atom is -0.381 e. The number of carbonyl (C=O) groups is 1. The lowest BCUT2D eigenvalue weighted by Gasteiger charge is -2.38. The molecule has 4 rings (SSSR count). The van der Waals surface area contributed by atoms with Crippen LogP contribution < -0.4 is 5.32 Å². The van der Waals surface area contributed by atoms with Crippen LogP contribution in [0.2, 0.25) is 5.02 Å². The van der Waals surface area contributed by atoms with Gasteiger partial charge in [0.25, 0.3) is 5.91 Å². The summed E-state index contributed by atoms with van der Waals surface area (Å²) in [6.45, 7) is 1.84. The van der Waals surface area contributed by atoms with E-state index in [-0.39, 0.29) is 5.91 Å². The van der Waals surface area contributed by atoms with Crippen molar-refractivity contribution in [2.75, 3.05) is 13.2 Å². The van der Waals surface area contributed by atoms with Gasteiger partial charge in [0.15, 0.2) is 0 Å². The molecule has 1 aliphatic heterocycles. The van der Waals surface area contributed by atoms with Crippen molar-refractivity contribution in [2.24, 2.45) is 0 Å². The number of amides is 1. The van der Waals surface area contributed by atoms with Gasteiger partial charge in [0, 0.05) is 23.8 Å². The normalized spacial score (nSPS) is 15.9. The summed E-state index contributed by atoms with van der Waals surface area (Å²) >= 11 is 6.04. The van der Waals surface area contributed by atoms with Crippen molar-refractivity contribution < 1.29 is 9.53 Å². The van der Waals surface area contributed by atoms with E-state index >= 15 is 0 Å². The van der Waals surface area contributed by atoms with Crippen molar-refractivity contribution in [1.29, 1.82) is 0 Å². The molecule has 1 amide bonds. The van der Waals surface area contributed by atoms with Gasteiger partial charge < -0.3 is 10.1 Å². The summed E-state index contributed by atoms with van der Waals surface area (Å²) < 4.78 is 7.27. The molecular formula is C21H21ClN4O2. The van der Waals surface area contributed by atoms with Gasteiger partial charge in [0.1, 0.15) is 12.7 Å². The van der Waals surface area contributed by atoms with Crippen molar-refractivity contribution in [3.63, 3.8) is 0 Å². The third-order valence-electron chi connectivity index (χ3n) is 5.12. The molecule has 0 unspecified atom stereocenters. The lowest BCUT2D eigenvalue weighted by molar-refractivity contribution is 0.0345. The first-order chi connectivity index (χ1) is 13.6. The summed E-state index contributed by atoms with van der Waals surface area (Å²) in [4.78, 5) is 16.9. The number of ether oxygens (including phenoxy) is 1. The second-order valence-electron chi connectivity index (χ2n) is 6.95. The van der Waals surface area contributed by atoms with Crippen LogP contribution in [0.4, 0.5) is 0 Å². The summed E-state index contributed by atoms with van der Waals surface area (Å²) in [5.74, 6) is -0.0934. The molecule has 0 aliphatic carbocycles. The van der Waals surface area contributed by atoms with Crippen LogP contribution in [0.5, 0.6) is 0 Å². The monoisotopic (exact) mass is 396 g/mol. The third-order valence-corrected chi connectivity index (χ3v) is 5.38. The van der Waals surface area contributed by atoms with Gasteiger partial charge in [-0.15, -0.1) is 0 Å². The fourth-order valence-electron chi connectivity index (χ4n) is 3.53. The zero-order chi connectivity index (χ0) is 19.4. The summed E-state index contributed by atoms with van der Waals surface area (Å²) in [5.41, 5.74) is 2.29. The van der Waals surface area contributed by atoms with Crippen LogP contribution >= 0.6 is 11.6 Å². The molecule has 144 valence electrons. The highest BCUT2D eigenvalue weighted by Crippen LogP contribution is 2.33. The van der Waals surface area contributed by atoms with Crippen LogP contribution in [0.1, 0.15) is 34.3 Å². The van der Waals surface area contributed by atoms with E-state index in [0.29, 0.717) is 30.3 Å². The molecule has 28 heavy (non-hydrogen) atoms. The first-order valence-corrected chi connectivity index (χ1v) is 9.60. The smallest absolute Gasteiger partial charge is 0.251 e. The number of halogens is 1. The molecule has 0 bridgehead atoms. The van der Waals surface area contributed by atoms with Crippen molar-refractivity contribution in [3.05, 3.63) is 82.9 Å². The highest BCUT2D eigenvalue weighted by atomic mass is 35.5. The SMILES string of the molecule is O=C(NC1(c2ccc(Cl)cc2)CCOCC1)c1ccc(Cn2cncn2)cc1. The number of nitrogens with zero attached hydrogens (tertiary/aromatic N) is 3. The van der Waals surface area contributed by atoms with E-state index in [9.17, 15) is 4.79 Å². The van der Waals surface area contributed by atoms with Crippen LogP contribution in [0.15, 0.2) is 61.2 Å². The Balaban J connectivity index is 1.52. The molecule has 0 spiro atoms. The fraction of sp³-hybridized carbons (Fsp3) is 0.286. The number of rotatable bonds is 5. The summed E-state index contributed by atoms with van der Waals surface area (Å²) in [7, 11) is 0. The molecule has 1 aliphatic rings. The Hall–Kier alpha value is -2.70. The van der Waals surface area contributed by atoms with Crippen LogP contribution in [0.25, 0.3) is 0 Å². The molecule has 3 aromatic rings. The van der Waals surface area contributed by atoms with Crippen LogP contribution in [0.3, 0.4) is 0 Å². The molecule has 2 heterocycles. The predicted octanol–water partition coefficient (Wildman–Crippen LogP) is 3.42. The van der Waals surface area contributed by atoms with E-state index < -0.39 is 5.54 Å².